The van der Waals surface area contributed by atoms with E-state index in [-0.39, 0.29) is 17.1 Å². The maximum Gasteiger partial charge on any atom is 0.262 e. The molecular formula is C26H21N3O3S. The Balaban J connectivity index is 1.48. The van der Waals surface area contributed by atoms with Crippen LogP contribution >= 0.6 is 11.8 Å². The highest BCUT2D eigenvalue weighted by Gasteiger charge is 2.16. The number of thioether (sulfide) groups is 1. The number of nitrogens with one attached hydrogen (secondary N) is 1. The molecule has 5 rings (SSSR count). The van der Waals surface area contributed by atoms with Crippen LogP contribution in [0.3, 0.4) is 0 Å². The van der Waals surface area contributed by atoms with Gasteiger partial charge in [0.1, 0.15) is 5.75 Å². The third kappa shape index (κ3) is 4.15. The van der Waals surface area contributed by atoms with Crippen molar-refractivity contribution in [2.75, 3.05) is 12.9 Å². The zero-order chi connectivity index (χ0) is 22.8. The summed E-state index contributed by atoms with van der Waals surface area (Å²) < 4.78 is 6.87. The van der Waals surface area contributed by atoms with Gasteiger partial charge in [-0.25, -0.2) is 4.98 Å². The van der Waals surface area contributed by atoms with Crippen molar-refractivity contribution in [3.05, 3.63) is 100 Å². The van der Waals surface area contributed by atoms with Crippen LogP contribution in [0.2, 0.25) is 0 Å². The fraction of sp³-hybridized carbons (Fsp3) is 0.115. The fourth-order valence-electron chi connectivity index (χ4n) is 3.82. The van der Waals surface area contributed by atoms with Gasteiger partial charge in [-0.3, -0.25) is 14.2 Å². The molecule has 0 amide bonds. The molecule has 33 heavy (non-hydrogen) atoms. The molecule has 0 bridgehead atoms. The number of aromatic amines is 1. The van der Waals surface area contributed by atoms with Crippen molar-refractivity contribution in [2.24, 2.45) is 0 Å². The summed E-state index contributed by atoms with van der Waals surface area (Å²) in [5.41, 5.74) is 3.00. The average Bonchev–Trinajstić information content (AvgIpc) is 3.29. The second-order valence-electron chi connectivity index (χ2n) is 7.61. The molecule has 2 aromatic heterocycles. The number of para-hydroxylation sites is 2. The number of hydrogen-bond acceptors (Lipinski definition) is 5. The van der Waals surface area contributed by atoms with Gasteiger partial charge in [0.05, 0.1) is 30.3 Å². The summed E-state index contributed by atoms with van der Waals surface area (Å²) in [6, 6.07) is 22.6. The quantitative estimate of drug-likeness (QED) is 0.214. The molecule has 5 aromatic rings. The van der Waals surface area contributed by atoms with Crippen LogP contribution < -0.4 is 10.3 Å². The van der Waals surface area contributed by atoms with E-state index in [2.05, 4.69) is 4.98 Å². The smallest absolute Gasteiger partial charge is 0.262 e. The van der Waals surface area contributed by atoms with E-state index in [1.807, 2.05) is 66.7 Å². The van der Waals surface area contributed by atoms with Crippen molar-refractivity contribution in [1.82, 2.24) is 14.5 Å². The van der Waals surface area contributed by atoms with Gasteiger partial charge in [-0.2, -0.15) is 0 Å². The summed E-state index contributed by atoms with van der Waals surface area (Å²) in [7, 11) is 1.62. The Labute approximate surface area is 194 Å². The van der Waals surface area contributed by atoms with E-state index in [0.717, 1.165) is 22.2 Å². The van der Waals surface area contributed by atoms with E-state index >= 15 is 0 Å². The topological polar surface area (TPSA) is 77.0 Å². The van der Waals surface area contributed by atoms with Crippen LogP contribution in [0.5, 0.6) is 5.75 Å². The van der Waals surface area contributed by atoms with Gasteiger partial charge in [-0.05, 0) is 35.9 Å². The fourth-order valence-corrected chi connectivity index (χ4v) is 4.70. The minimum Gasteiger partial charge on any atom is -0.497 e. The van der Waals surface area contributed by atoms with Gasteiger partial charge in [-0.1, -0.05) is 54.2 Å². The number of nitrogens with zero attached hydrogens (tertiary/aromatic N) is 2. The molecule has 3 aromatic carbocycles. The molecule has 1 N–H and O–H groups in total. The zero-order valence-electron chi connectivity index (χ0n) is 17.9. The molecule has 164 valence electrons. The number of carbonyl (C=O) groups excluding carboxylic acids is 1. The molecule has 7 heteroatoms. The molecular weight excluding hydrogens is 434 g/mol. The Morgan fingerprint density at radius 3 is 2.52 bits per heavy atom. The summed E-state index contributed by atoms with van der Waals surface area (Å²) >= 11 is 1.28. The van der Waals surface area contributed by atoms with Gasteiger partial charge < -0.3 is 9.72 Å². The first kappa shape index (κ1) is 21.0. The number of aromatic nitrogens is 3. The van der Waals surface area contributed by atoms with E-state index in [4.69, 9.17) is 9.72 Å². The van der Waals surface area contributed by atoms with Crippen LogP contribution in [-0.2, 0) is 6.54 Å². The normalized spacial score (nSPS) is 11.2. The van der Waals surface area contributed by atoms with E-state index in [1.165, 1.54) is 11.8 Å². The number of Topliss-reactive ketones (excluding diaryl/α,β-unsaturated/α-hetero) is 1. The van der Waals surface area contributed by atoms with Crippen LogP contribution in [-0.4, -0.2) is 33.2 Å². The molecule has 0 aliphatic heterocycles. The highest BCUT2D eigenvalue weighted by molar-refractivity contribution is 7.99. The first-order valence-electron chi connectivity index (χ1n) is 10.5. The number of methoxy groups -OCH3 is 1. The number of H-pyrrole nitrogens is 1. The SMILES string of the molecule is COc1ccc(Cn2c(SCC(=O)c3c[nH]c4ccccc34)nc3ccccc3c2=O)cc1. The lowest BCUT2D eigenvalue weighted by molar-refractivity contribution is 0.102. The Bertz CT molecular complexity index is 1520. The van der Waals surface area contributed by atoms with Crippen LogP contribution in [0.15, 0.2) is 88.9 Å². The lowest BCUT2D eigenvalue weighted by Crippen LogP contribution is -2.24. The first-order chi connectivity index (χ1) is 16.1. The highest BCUT2D eigenvalue weighted by Crippen LogP contribution is 2.24. The minimum atomic E-state index is -0.126. The second kappa shape index (κ2) is 8.96. The number of ketones is 1. The van der Waals surface area contributed by atoms with Gasteiger partial charge in [0.2, 0.25) is 0 Å². The average molecular weight is 456 g/mol. The van der Waals surface area contributed by atoms with Crippen LogP contribution in [0.4, 0.5) is 0 Å². The van der Waals surface area contributed by atoms with E-state index in [9.17, 15) is 9.59 Å². The maximum atomic E-state index is 13.3. The molecule has 0 spiro atoms. The van der Waals surface area contributed by atoms with Gasteiger partial charge in [0, 0.05) is 22.7 Å². The molecule has 2 heterocycles. The second-order valence-corrected chi connectivity index (χ2v) is 8.55. The number of hydrogen-bond donors (Lipinski definition) is 1. The van der Waals surface area contributed by atoms with Crippen molar-refractivity contribution in [3.8, 4) is 5.75 Å². The molecule has 0 saturated heterocycles. The number of ether oxygens (including phenoxy) is 1. The minimum absolute atomic E-state index is 0.0177. The monoisotopic (exact) mass is 455 g/mol. The predicted octanol–water partition coefficient (Wildman–Crippen LogP) is 4.91. The third-order valence-electron chi connectivity index (χ3n) is 5.55. The summed E-state index contributed by atoms with van der Waals surface area (Å²) in [5.74, 6) is 0.910. The van der Waals surface area contributed by atoms with Crippen molar-refractivity contribution in [1.29, 1.82) is 0 Å². The maximum absolute atomic E-state index is 13.3. The molecule has 0 aliphatic rings. The Morgan fingerprint density at radius 2 is 1.73 bits per heavy atom. The van der Waals surface area contributed by atoms with Gasteiger partial charge in [0.25, 0.3) is 5.56 Å². The Kier molecular flexibility index (Phi) is 5.71. The molecule has 0 unspecified atom stereocenters. The number of rotatable bonds is 7. The lowest BCUT2D eigenvalue weighted by atomic mass is 10.1. The van der Waals surface area contributed by atoms with E-state index < -0.39 is 0 Å². The van der Waals surface area contributed by atoms with E-state index in [0.29, 0.717) is 28.2 Å². The van der Waals surface area contributed by atoms with Crippen molar-refractivity contribution >= 4 is 39.4 Å². The van der Waals surface area contributed by atoms with Gasteiger partial charge >= 0.3 is 0 Å². The summed E-state index contributed by atoms with van der Waals surface area (Å²) in [5, 5.41) is 1.96. The first-order valence-corrected chi connectivity index (χ1v) is 11.5. The third-order valence-corrected chi connectivity index (χ3v) is 6.52. The largest absolute Gasteiger partial charge is 0.497 e. The van der Waals surface area contributed by atoms with Gasteiger partial charge in [0.15, 0.2) is 10.9 Å². The van der Waals surface area contributed by atoms with Crippen molar-refractivity contribution < 1.29 is 9.53 Å². The number of benzene rings is 3. The Hall–Kier alpha value is -3.84. The number of fused-ring (bicyclic) bond motifs is 2. The molecule has 6 nitrogen and oxygen atoms in total. The zero-order valence-corrected chi connectivity index (χ0v) is 18.8. The molecule has 0 atom stereocenters. The Morgan fingerprint density at radius 1 is 1.00 bits per heavy atom. The van der Waals surface area contributed by atoms with Crippen molar-refractivity contribution in [2.45, 2.75) is 11.7 Å². The summed E-state index contributed by atoms with van der Waals surface area (Å²) in [6.07, 6.45) is 1.74. The predicted molar refractivity (Wildman–Crippen MR) is 131 cm³/mol. The van der Waals surface area contributed by atoms with Crippen LogP contribution in [0.1, 0.15) is 15.9 Å². The molecule has 0 fully saturated rings. The van der Waals surface area contributed by atoms with Crippen LogP contribution in [0.25, 0.3) is 21.8 Å². The highest BCUT2D eigenvalue weighted by atomic mass is 32.2. The molecule has 0 aliphatic carbocycles. The number of carbonyl (C=O) groups is 1. The standard InChI is InChI=1S/C26H21N3O3S/c1-32-18-12-10-17(11-13-18)15-29-25(31)20-7-3-5-9-23(20)28-26(29)33-16-24(30)21-14-27-22-8-4-2-6-19(21)22/h2-14,27H,15-16H2,1H3. The summed E-state index contributed by atoms with van der Waals surface area (Å²) in [4.78, 5) is 34.2. The van der Waals surface area contributed by atoms with Gasteiger partial charge in [-0.15, -0.1) is 0 Å². The molecule has 0 radical (unpaired) electrons. The van der Waals surface area contributed by atoms with E-state index in [1.54, 1.807) is 23.9 Å². The van der Waals surface area contributed by atoms with Crippen LogP contribution in [0, 0.1) is 0 Å². The lowest BCUT2D eigenvalue weighted by Gasteiger charge is -2.13. The summed E-state index contributed by atoms with van der Waals surface area (Å²) in [6.45, 7) is 0.351. The molecule has 0 saturated carbocycles. The van der Waals surface area contributed by atoms with Crippen molar-refractivity contribution in [3.63, 3.8) is 0 Å².